The molecular weight excluding hydrogens is 352 g/mol. The van der Waals surface area contributed by atoms with Crippen LogP contribution in [0.4, 0.5) is 5.69 Å². The van der Waals surface area contributed by atoms with Crippen LogP contribution in [0.25, 0.3) is 0 Å². The minimum absolute atomic E-state index is 0.343. The largest absolute Gasteiger partial charge is 0.497 e. The lowest BCUT2D eigenvalue weighted by atomic mass is 10.2. The van der Waals surface area contributed by atoms with E-state index in [1.54, 1.807) is 30.7 Å². The maximum Gasteiger partial charge on any atom is 0.243 e. The second kappa shape index (κ2) is 7.55. The molecule has 1 fully saturated rings. The Morgan fingerprint density at radius 2 is 1.54 bits per heavy atom. The zero-order chi connectivity index (χ0) is 18.7. The van der Waals surface area contributed by atoms with Gasteiger partial charge >= 0.3 is 0 Å². The quantitative estimate of drug-likeness (QED) is 0.803. The summed E-state index contributed by atoms with van der Waals surface area (Å²) in [7, 11) is -0.211. The molecule has 3 rings (SSSR count). The number of ether oxygens (including phenoxy) is 2. The summed E-state index contributed by atoms with van der Waals surface area (Å²) >= 11 is 0. The van der Waals surface area contributed by atoms with Gasteiger partial charge in [-0.25, -0.2) is 8.42 Å². The van der Waals surface area contributed by atoms with Gasteiger partial charge in [-0.2, -0.15) is 4.31 Å². The first kappa shape index (κ1) is 18.5. The Kier molecular flexibility index (Phi) is 5.38. The smallest absolute Gasteiger partial charge is 0.243 e. The van der Waals surface area contributed by atoms with Gasteiger partial charge in [-0.15, -0.1) is 0 Å². The number of nitrogens with zero attached hydrogens (tertiary/aromatic N) is 2. The molecule has 6 nitrogen and oxygen atoms in total. The average molecular weight is 376 g/mol. The minimum Gasteiger partial charge on any atom is -0.497 e. The van der Waals surface area contributed by atoms with Gasteiger partial charge in [-0.3, -0.25) is 0 Å². The molecule has 1 aliphatic rings. The fourth-order valence-corrected chi connectivity index (χ4v) is 4.49. The number of hydrogen-bond acceptors (Lipinski definition) is 5. The van der Waals surface area contributed by atoms with Gasteiger partial charge in [-0.05, 0) is 31.2 Å². The van der Waals surface area contributed by atoms with Crippen LogP contribution in [-0.4, -0.2) is 53.1 Å². The first-order chi connectivity index (χ1) is 12.5. The highest BCUT2D eigenvalue weighted by atomic mass is 32.2. The Morgan fingerprint density at radius 1 is 0.885 bits per heavy atom. The minimum atomic E-state index is -3.46. The molecule has 1 saturated heterocycles. The third-order valence-electron chi connectivity index (χ3n) is 4.62. The van der Waals surface area contributed by atoms with E-state index in [-0.39, 0.29) is 0 Å². The molecule has 26 heavy (non-hydrogen) atoms. The molecule has 0 bridgehead atoms. The fourth-order valence-electron chi connectivity index (χ4n) is 3.07. The van der Waals surface area contributed by atoms with E-state index in [1.807, 2.05) is 37.3 Å². The van der Waals surface area contributed by atoms with Crippen LogP contribution in [0.15, 0.2) is 47.4 Å². The predicted octanol–water partition coefficient (Wildman–Crippen LogP) is 2.52. The third kappa shape index (κ3) is 3.64. The molecular formula is C19H24N2O4S. The first-order valence-corrected chi connectivity index (χ1v) is 9.93. The van der Waals surface area contributed by atoms with E-state index in [0.29, 0.717) is 31.1 Å². The standard InChI is InChI=1S/C19H24N2O4S/c1-15-4-7-17(8-5-15)26(22,23)21-12-10-20(11-13-21)18-14-16(24-2)6-9-19(18)25-3/h4-9,14H,10-13H2,1-3H3. The molecule has 0 atom stereocenters. The average Bonchev–Trinajstić information content (AvgIpc) is 2.68. The number of aryl methyl sites for hydroxylation is 1. The molecule has 0 aromatic heterocycles. The van der Waals surface area contributed by atoms with Crippen molar-refractivity contribution in [1.29, 1.82) is 0 Å². The Labute approximate surface area is 155 Å². The highest BCUT2D eigenvalue weighted by Gasteiger charge is 2.29. The van der Waals surface area contributed by atoms with Gasteiger partial charge in [0.25, 0.3) is 0 Å². The number of benzene rings is 2. The van der Waals surface area contributed by atoms with Crippen LogP contribution < -0.4 is 14.4 Å². The first-order valence-electron chi connectivity index (χ1n) is 8.49. The molecule has 1 aliphatic heterocycles. The summed E-state index contributed by atoms with van der Waals surface area (Å²) < 4.78 is 37.9. The lowest BCUT2D eigenvalue weighted by molar-refractivity contribution is 0.376. The second-order valence-electron chi connectivity index (χ2n) is 6.24. The summed E-state index contributed by atoms with van der Waals surface area (Å²) in [6, 6.07) is 12.6. The van der Waals surface area contributed by atoms with Crippen molar-refractivity contribution in [3.8, 4) is 11.5 Å². The lowest BCUT2D eigenvalue weighted by Crippen LogP contribution is -2.48. The van der Waals surface area contributed by atoms with Gasteiger partial charge in [0.05, 0.1) is 24.8 Å². The summed E-state index contributed by atoms with van der Waals surface area (Å²) in [4.78, 5) is 2.47. The van der Waals surface area contributed by atoms with Crippen LogP contribution in [0, 0.1) is 6.92 Å². The number of piperazine rings is 1. The molecule has 0 spiro atoms. The number of sulfonamides is 1. The van der Waals surface area contributed by atoms with E-state index < -0.39 is 10.0 Å². The number of anilines is 1. The van der Waals surface area contributed by atoms with Crippen molar-refractivity contribution in [1.82, 2.24) is 4.31 Å². The molecule has 2 aromatic carbocycles. The van der Waals surface area contributed by atoms with Crippen LogP contribution in [0.5, 0.6) is 11.5 Å². The third-order valence-corrected chi connectivity index (χ3v) is 6.54. The second-order valence-corrected chi connectivity index (χ2v) is 8.18. The van der Waals surface area contributed by atoms with Crippen LogP contribution in [0.1, 0.15) is 5.56 Å². The Hall–Kier alpha value is -2.25. The number of methoxy groups -OCH3 is 2. The zero-order valence-electron chi connectivity index (χ0n) is 15.3. The van der Waals surface area contributed by atoms with Crippen LogP contribution in [0.3, 0.4) is 0 Å². The van der Waals surface area contributed by atoms with Gasteiger partial charge in [0.1, 0.15) is 11.5 Å². The number of hydrogen-bond donors (Lipinski definition) is 0. The molecule has 2 aromatic rings. The Bertz CT molecular complexity index is 858. The summed E-state index contributed by atoms with van der Waals surface area (Å²) in [5, 5.41) is 0. The summed E-state index contributed by atoms with van der Waals surface area (Å²) in [5.74, 6) is 1.50. The topological polar surface area (TPSA) is 59.1 Å². The van der Waals surface area contributed by atoms with Crippen molar-refractivity contribution in [2.24, 2.45) is 0 Å². The molecule has 0 N–H and O–H groups in total. The van der Waals surface area contributed by atoms with Crippen molar-refractivity contribution in [3.63, 3.8) is 0 Å². The normalized spacial score (nSPS) is 15.7. The molecule has 7 heteroatoms. The van der Waals surface area contributed by atoms with Crippen molar-refractivity contribution in [2.45, 2.75) is 11.8 Å². The van der Waals surface area contributed by atoms with Crippen LogP contribution >= 0.6 is 0 Å². The van der Waals surface area contributed by atoms with Gasteiger partial charge in [0.2, 0.25) is 10.0 Å². The van der Waals surface area contributed by atoms with Gasteiger partial charge < -0.3 is 14.4 Å². The molecule has 0 saturated carbocycles. The Morgan fingerprint density at radius 3 is 2.12 bits per heavy atom. The van der Waals surface area contributed by atoms with Gasteiger partial charge in [0, 0.05) is 32.2 Å². The van der Waals surface area contributed by atoms with Gasteiger partial charge in [0.15, 0.2) is 0 Å². The van der Waals surface area contributed by atoms with E-state index in [4.69, 9.17) is 9.47 Å². The maximum absolute atomic E-state index is 12.8. The lowest BCUT2D eigenvalue weighted by Gasteiger charge is -2.36. The molecule has 0 radical (unpaired) electrons. The van der Waals surface area contributed by atoms with E-state index >= 15 is 0 Å². The molecule has 1 heterocycles. The summed E-state index contributed by atoms with van der Waals surface area (Å²) in [5.41, 5.74) is 1.96. The van der Waals surface area contributed by atoms with Crippen molar-refractivity contribution in [2.75, 3.05) is 45.3 Å². The van der Waals surface area contributed by atoms with Crippen LogP contribution in [-0.2, 0) is 10.0 Å². The van der Waals surface area contributed by atoms with Crippen molar-refractivity contribution < 1.29 is 17.9 Å². The van der Waals surface area contributed by atoms with E-state index in [9.17, 15) is 8.42 Å². The molecule has 0 unspecified atom stereocenters. The zero-order valence-corrected chi connectivity index (χ0v) is 16.1. The predicted molar refractivity (Wildman–Crippen MR) is 102 cm³/mol. The van der Waals surface area contributed by atoms with Crippen molar-refractivity contribution >= 4 is 15.7 Å². The molecule has 140 valence electrons. The maximum atomic E-state index is 12.8. The molecule has 0 amide bonds. The fraction of sp³-hybridized carbons (Fsp3) is 0.368. The summed E-state index contributed by atoms with van der Waals surface area (Å²) in [6.45, 7) is 3.98. The monoisotopic (exact) mass is 376 g/mol. The summed E-state index contributed by atoms with van der Waals surface area (Å²) in [6.07, 6.45) is 0. The SMILES string of the molecule is COc1ccc(OC)c(N2CCN(S(=O)(=O)c3ccc(C)cc3)CC2)c1. The van der Waals surface area contributed by atoms with Crippen molar-refractivity contribution in [3.05, 3.63) is 48.0 Å². The van der Waals surface area contributed by atoms with E-state index in [2.05, 4.69) is 4.90 Å². The van der Waals surface area contributed by atoms with E-state index in [0.717, 1.165) is 22.7 Å². The highest BCUT2D eigenvalue weighted by molar-refractivity contribution is 7.89. The van der Waals surface area contributed by atoms with E-state index in [1.165, 1.54) is 0 Å². The van der Waals surface area contributed by atoms with Gasteiger partial charge in [-0.1, -0.05) is 17.7 Å². The Balaban J connectivity index is 1.76. The number of rotatable bonds is 5. The molecule has 0 aliphatic carbocycles. The highest BCUT2D eigenvalue weighted by Crippen LogP contribution is 2.33. The van der Waals surface area contributed by atoms with Crippen LogP contribution in [0.2, 0.25) is 0 Å².